The predicted octanol–water partition coefficient (Wildman–Crippen LogP) is 2.44. The zero-order valence-electron chi connectivity index (χ0n) is 11.9. The fraction of sp³-hybridized carbons (Fsp3) is 0.733. The van der Waals surface area contributed by atoms with Gasteiger partial charge in [0, 0.05) is 36.0 Å². The Bertz CT molecular complexity index is 391. The lowest BCUT2D eigenvalue weighted by Crippen LogP contribution is -2.44. The van der Waals surface area contributed by atoms with E-state index in [1.807, 2.05) is 4.90 Å². The number of hydrogen-bond acceptors (Lipinski definition) is 2. The number of nitrogens with one attached hydrogen (secondary N) is 1. The van der Waals surface area contributed by atoms with E-state index in [-0.39, 0.29) is 23.7 Å². The summed E-state index contributed by atoms with van der Waals surface area (Å²) in [7, 11) is 0. The molecule has 0 aromatic rings. The maximum Gasteiger partial charge on any atom is 0.226 e. The lowest BCUT2D eigenvalue weighted by Gasteiger charge is -2.32. The van der Waals surface area contributed by atoms with E-state index in [0.29, 0.717) is 6.54 Å². The van der Waals surface area contributed by atoms with Gasteiger partial charge in [-0.3, -0.25) is 9.59 Å². The van der Waals surface area contributed by atoms with E-state index in [4.69, 9.17) is 0 Å². The van der Waals surface area contributed by atoms with E-state index in [9.17, 15) is 9.59 Å². The van der Waals surface area contributed by atoms with Gasteiger partial charge in [-0.05, 0) is 25.7 Å². The fourth-order valence-corrected chi connectivity index (χ4v) is 3.37. The lowest BCUT2D eigenvalue weighted by atomic mass is 9.78. The average molecular weight is 343 g/mol. The number of hydrogen-bond donors (Lipinski definition) is 1. The highest BCUT2D eigenvalue weighted by atomic mass is 79.9. The lowest BCUT2D eigenvalue weighted by molar-refractivity contribution is -0.142. The van der Waals surface area contributed by atoms with Crippen LogP contribution in [0, 0.1) is 11.8 Å². The van der Waals surface area contributed by atoms with Crippen molar-refractivity contribution in [3.05, 3.63) is 11.1 Å². The first-order chi connectivity index (χ1) is 9.59. The van der Waals surface area contributed by atoms with Crippen molar-refractivity contribution in [3.63, 3.8) is 0 Å². The summed E-state index contributed by atoms with van der Waals surface area (Å²) < 4.78 is 0.754. The summed E-state index contributed by atoms with van der Waals surface area (Å²) in [6.07, 6.45) is 5.96. The molecule has 1 aliphatic carbocycles. The summed E-state index contributed by atoms with van der Waals surface area (Å²) in [6.45, 7) is 5.87. The Hall–Kier alpha value is -0.840. The van der Waals surface area contributed by atoms with Crippen LogP contribution in [-0.4, -0.2) is 36.3 Å². The second-order valence-electron chi connectivity index (χ2n) is 5.76. The third kappa shape index (κ3) is 3.84. The molecule has 5 heteroatoms. The number of likely N-dealkylation sites (tertiary alicyclic amines) is 1. The first-order valence-corrected chi connectivity index (χ1v) is 8.28. The van der Waals surface area contributed by atoms with Gasteiger partial charge in [0.05, 0.1) is 0 Å². The molecule has 2 fully saturated rings. The molecule has 2 amide bonds. The summed E-state index contributed by atoms with van der Waals surface area (Å²) in [4.78, 5) is 26.8. The van der Waals surface area contributed by atoms with Crippen molar-refractivity contribution in [2.24, 2.45) is 11.8 Å². The summed E-state index contributed by atoms with van der Waals surface area (Å²) in [5, 5.41) is 2.87. The molecule has 112 valence electrons. The Balaban J connectivity index is 1.98. The van der Waals surface area contributed by atoms with Gasteiger partial charge in [-0.2, -0.15) is 0 Å². The molecule has 1 aliphatic heterocycles. The van der Waals surface area contributed by atoms with Crippen LogP contribution in [0.4, 0.5) is 0 Å². The Labute approximate surface area is 129 Å². The highest BCUT2D eigenvalue weighted by Crippen LogP contribution is 2.32. The van der Waals surface area contributed by atoms with Gasteiger partial charge in [0.2, 0.25) is 11.8 Å². The zero-order chi connectivity index (χ0) is 14.5. The highest BCUT2D eigenvalue weighted by Gasteiger charge is 2.38. The van der Waals surface area contributed by atoms with Crippen molar-refractivity contribution in [1.82, 2.24) is 10.2 Å². The second kappa shape index (κ2) is 7.25. The number of carbonyl (C=O) groups is 2. The summed E-state index contributed by atoms with van der Waals surface area (Å²) in [6, 6.07) is 0. The van der Waals surface area contributed by atoms with Gasteiger partial charge in [-0.25, -0.2) is 0 Å². The standard InChI is InChI=1S/C15H23BrN2O2/c1-11(16)10-17-14(19)12-6-2-3-7-13(12)15(20)18-8-4-5-9-18/h12-13H,1-10H2,(H,17,19)/t12-,13-/m1/s1. The predicted molar refractivity (Wildman–Crippen MR) is 82.3 cm³/mol. The van der Waals surface area contributed by atoms with Crippen LogP contribution < -0.4 is 5.32 Å². The topological polar surface area (TPSA) is 49.4 Å². The van der Waals surface area contributed by atoms with Crippen molar-refractivity contribution in [1.29, 1.82) is 0 Å². The van der Waals surface area contributed by atoms with E-state index in [1.54, 1.807) is 0 Å². The van der Waals surface area contributed by atoms with Crippen LogP contribution in [0.5, 0.6) is 0 Å². The van der Waals surface area contributed by atoms with Gasteiger partial charge in [-0.1, -0.05) is 35.4 Å². The zero-order valence-corrected chi connectivity index (χ0v) is 13.5. The third-order valence-corrected chi connectivity index (χ3v) is 4.57. The molecule has 2 rings (SSSR count). The minimum atomic E-state index is -0.163. The second-order valence-corrected chi connectivity index (χ2v) is 6.89. The molecule has 2 atom stereocenters. The fourth-order valence-electron chi connectivity index (χ4n) is 3.23. The molecule has 1 saturated heterocycles. The smallest absolute Gasteiger partial charge is 0.226 e. The minimum Gasteiger partial charge on any atom is -0.351 e. The molecule has 0 aromatic heterocycles. The van der Waals surface area contributed by atoms with E-state index in [1.165, 1.54) is 0 Å². The van der Waals surface area contributed by atoms with Gasteiger partial charge in [0.25, 0.3) is 0 Å². The van der Waals surface area contributed by atoms with Crippen LogP contribution in [0.2, 0.25) is 0 Å². The van der Waals surface area contributed by atoms with Gasteiger partial charge >= 0.3 is 0 Å². The molecule has 0 bridgehead atoms. The van der Waals surface area contributed by atoms with Crippen LogP contribution in [0.3, 0.4) is 0 Å². The molecule has 20 heavy (non-hydrogen) atoms. The van der Waals surface area contributed by atoms with Gasteiger partial charge in [-0.15, -0.1) is 0 Å². The van der Waals surface area contributed by atoms with Crippen molar-refractivity contribution in [2.75, 3.05) is 19.6 Å². The molecule has 4 nitrogen and oxygen atoms in total. The van der Waals surface area contributed by atoms with Crippen molar-refractivity contribution in [3.8, 4) is 0 Å². The van der Waals surface area contributed by atoms with E-state index < -0.39 is 0 Å². The first-order valence-electron chi connectivity index (χ1n) is 7.49. The SMILES string of the molecule is C=C(Br)CNC(=O)[C@@H]1CCCC[C@H]1C(=O)N1CCCC1. The van der Waals surface area contributed by atoms with Gasteiger partial charge < -0.3 is 10.2 Å². The molecule has 0 spiro atoms. The summed E-state index contributed by atoms with van der Waals surface area (Å²) in [5.41, 5.74) is 0. The molecule has 0 radical (unpaired) electrons. The molecular formula is C15H23BrN2O2. The van der Waals surface area contributed by atoms with Crippen LogP contribution >= 0.6 is 15.9 Å². The average Bonchev–Trinajstić information content (AvgIpc) is 2.98. The molecule has 1 saturated carbocycles. The normalized spacial score (nSPS) is 26.4. The summed E-state index contributed by atoms with van der Waals surface area (Å²) >= 11 is 3.24. The maximum absolute atomic E-state index is 12.6. The summed E-state index contributed by atoms with van der Waals surface area (Å²) in [5.74, 6) is -0.0861. The molecule has 0 aromatic carbocycles. The van der Waals surface area contributed by atoms with Crippen molar-refractivity contribution in [2.45, 2.75) is 38.5 Å². The molecule has 2 aliphatic rings. The Morgan fingerprint density at radius 1 is 1.10 bits per heavy atom. The van der Waals surface area contributed by atoms with Crippen LogP contribution in [0.15, 0.2) is 11.1 Å². The van der Waals surface area contributed by atoms with E-state index in [0.717, 1.165) is 56.1 Å². The van der Waals surface area contributed by atoms with E-state index in [2.05, 4.69) is 27.8 Å². The van der Waals surface area contributed by atoms with Crippen molar-refractivity contribution < 1.29 is 9.59 Å². The number of carbonyl (C=O) groups excluding carboxylic acids is 2. The number of amides is 2. The Kier molecular flexibility index (Phi) is 5.64. The molecule has 1 N–H and O–H groups in total. The first kappa shape index (κ1) is 15.5. The van der Waals surface area contributed by atoms with Gasteiger partial charge in [0.15, 0.2) is 0 Å². The number of rotatable bonds is 4. The largest absolute Gasteiger partial charge is 0.351 e. The molecule has 1 heterocycles. The minimum absolute atomic E-state index is 0.00264. The Morgan fingerprint density at radius 2 is 1.70 bits per heavy atom. The molecular weight excluding hydrogens is 320 g/mol. The van der Waals surface area contributed by atoms with Crippen LogP contribution in [0.1, 0.15) is 38.5 Å². The monoisotopic (exact) mass is 342 g/mol. The maximum atomic E-state index is 12.6. The quantitative estimate of drug-likeness (QED) is 0.852. The van der Waals surface area contributed by atoms with Crippen LogP contribution in [-0.2, 0) is 9.59 Å². The van der Waals surface area contributed by atoms with Gasteiger partial charge in [0.1, 0.15) is 0 Å². The number of nitrogens with zero attached hydrogens (tertiary/aromatic N) is 1. The Morgan fingerprint density at radius 3 is 2.30 bits per heavy atom. The van der Waals surface area contributed by atoms with Crippen LogP contribution in [0.25, 0.3) is 0 Å². The third-order valence-electron chi connectivity index (χ3n) is 4.29. The number of halogens is 1. The van der Waals surface area contributed by atoms with E-state index >= 15 is 0 Å². The van der Waals surface area contributed by atoms with Crippen molar-refractivity contribution >= 4 is 27.7 Å². The highest BCUT2D eigenvalue weighted by molar-refractivity contribution is 9.11. The molecule has 0 unspecified atom stereocenters.